The van der Waals surface area contributed by atoms with Crippen LogP contribution in [0, 0.1) is 0 Å². The van der Waals surface area contributed by atoms with Crippen molar-refractivity contribution in [2.45, 2.75) is 50.7 Å². The SMILES string of the molecule is CN(C)CCCCNc1ccc(-c2cc3ncccc3c(OC3CCC(O)CC3)n2)cc1. The number of aliphatic hydroxyl groups is 1. The highest BCUT2D eigenvalue weighted by Gasteiger charge is 2.22. The molecule has 1 aromatic carbocycles. The second kappa shape index (κ2) is 10.7. The molecule has 0 atom stereocenters. The van der Waals surface area contributed by atoms with Crippen LogP contribution in [0.3, 0.4) is 0 Å². The fourth-order valence-electron chi connectivity index (χ4n) is 4.15. The lowest BCUT2D eigenvalue weighted by Crippen LogP contribution is -2.26. The van der Waals surface area contributed by atoms with Crippen molar-refractivity contribution >= 4 is 16.6 Å². The van der Waals surface area contributed by atoms with Gasteiger partial charge in [0.05, 0.1) is 22.7 Å². The number of rotatable bonds is 9. The third-order valence-corrected chi connectivity index (χ3v) is 6.03. The molecule has 0 saturated heterocycles. The summed E-state index contributed by atoms with van der Waals surface area (Å²) in [5, 5.41) is 14.2. The zero-order chi connectivity index (χ0) is 22.3. The molecule has 0 spiro atoms. The van der Waals surface area contributed by atoms with Crippen LogP contribution in [0.2, 0.25) is 0 Å². The van der Waals surface area contributed by atoms with Crippen molar-refractivity contribution in [3.8, 4) is 17.1 Å². The van der Waals surface area contributed by atoms with Gasteiger partial charge in [-0.1, -0.05) is 12.1 Å². The van der Waals surface area contributed by atoms with Crippen LogP contribution in [0.25, 0.3) is 22.2 Å². The molecule has 6 heteroatoms. The molecule has 1 fully saturated rings. The van der Waals surface area contributed by atoms with E-state index in [4.69, 9.17) is 9.72 Å². The zero-order valence-corrected chi connectivity index (χ0v) is 19.1. The van der Waals surface area contributed by atoms with Crippen LogP contribution in [0.1, 0.15) is 38.5 Å². The van der Waals surface area contributed by atoms with Gasteiger partial charge in [-0.05, 0) is 89.5 Å². The molecular weight excluding hydrogens is 400 g/mol. The van der Waals surface area contributed by atoms with Crippen LogP contribution in [0.15, 0.2) is 48.7 Å². The van der Waals surface area contributed by atoms with Crippen LogP contribution in [0.5, 0.6) is 5.88 Å². The van der Waals surface area contributed by atoms with E-state index in [-0.39, 0.29) is 12.2 Å². The second-order valence-corrected chi connectivity index (χ2v) is 8.95. The number of nitrogens with zero attached hydrogens (tertiary/aromatic N) is 3. The summed E-state index contributed by atoms with van der Waals surface area (Å²) in [6.07, 6.45) is 7.29. The molecule has 3 aromatic rings. The van der Waals surface area contributed by atoms with Crippen molar-refractivity contribution in [2.75, 3.05) is 32.5 Å². The Kier molecular flexibility index (Phi) is 7.55. The molecule has 0 aliphatic heterocycles. The first-order valence-electron chi connectivity index (χ1n) is 11.7. The van der Waals surface area contributed by atoms with Crippen LogP contribution in [0.4, 0.5) is 5.69 Å². The molecule has 6 nitrogen and oxygen atoms in total. The average molecular weight is 435 g/mol. The number of aliphatic hydroxyl groups excluding tert-OH is 1. The quantitative estimate of drug-likeness (QED) is 0.475. The van der Waals surface area contributed by atoms with Gasteiger partial charge in [0, 0.05) is 24.0 Å². The molecule has 2 heterocycles. The smallest absolute Gasteiger partial charge is 0.223 e. The molecule has 1 aliphatic carbocycles. The van der Waals surface area contributed by atoms with E-state index in [0.29, 0.717) is 5.88 Å². The first kappa shape index (κ1) is 22.5. The van der Waals surface area contributed by atoms with E-state index < -0.39 is 0 Å². The molecule has 4 rings (SSSR count). The lowest BCUT2D eigenvalue weighted by Gasteiger charge is -2.26. The lowest BCUT2D eigenvalue weighted by atomic mass is 9.95. The monoisotopic (exact) mass is 434 g/mol. The Morgan fingerprint density at radius 1 is 1.06 bits per heavy atom. The first-order chi connectivity index (χ1) is 15.6. The first-order valence-corrected chi connectivity index (χ1v) is 11.7. The lowest BCUT2D eigenvalue weighted by molar-refractivity contribution is 0.0652. The Hall–Kier alpha value is -2.70. The van der Waals surface area contributed by atoms with Gasteiger partial charge in [-0.25, -0.2) is 4.98 Å². The highest BCUT2D eigenvalue weighted by Crippen LogP contribution is 2.31. The van der Waals surface area contributed by atoms with Gasteiger partial charge in [-0.15, -0.1) is 0 Å². The molecule has 0 unspecified atom stereocenters. The number of anilines is 1. The topological polar surface area (TPSA) is 70.5 Å². The van der Waals surface area contributed by atoms with Crippen molar-refractivity contribution in [1.29, 1.82) is 0 Å². The maximum absolute atomic E-state index is 9.79. The molecule has 1 aliphatic rings. The van der Waals surface area contributed by atoms with Gasteiger partial charge in [0.15, 0.2) is 0 Å². The highest BCUT2D eigenvalue weighted by molar-refractivity contribution is 5.87. The summed E-state index contributed by atoms with van der Waals surface area (Å²) in [7, 11) is 4.22. The van der Waals surface area contributed by atoms with Gasteiger partial charge in [-0.3, -0.25) is 4.98 Å². The minimum Gasteiger partial charge on any atom is -0.474 e. The van der Waals surface area contributed by atoms with Gasteiger partial charge in [0.2, 0.25) is 5.88 Å². The third-order valence-electron chi connectivity index (χ3n) is 6.03. The van der Waals surface area contributed by atoms with Crippen LogP contribution in [-0.4, -0.2) is 59.4 Å². The van der Waals surface area contributed by atoms with E-state index in [1.54, 1.807) is 6.20 Å². The van der Waals surface area contributed by atoms with Gasteiger partial charge < -0.3 is 20.1 Å². The van der Waals surface area contributed by atoms with Crippen LogP contribution in [-0.2, 0) is 0 Å². The predicted octanol–water partition coefficient (Wildman–Crippen LogP) is 4.73. The summed E-state index contributed by atoms with van der Waals surface area (Å²) in [4.78, 5) is 11.6. The molecular formula is C26H34N4O2. The molecule has 0 amide bonds. The van der Waals surface area contributed by atoms with Gasteiger partial charge in [0.25, 0.3) is 0 Å². The van der Waals surface area contributed by atoms with Crippen molar-refractivity contribution in [2.24, 2.45) is 0 Å². The maximum Gasteiger partial charge on any atom is 0.223 e. The maximum atomic E-state index is 9.79. The minimum absolute atomic E-state index is 0.0867. The molecule has 1 saturated carbocycles. The Bertz CT molecular complexity index is 998. The van der Waals surface area contributed by atoms with Crippen molar-refractivity contribution < 1.29 is 9.84 Å². The number of aromatic nitrogens is 2. The van der Waals surface area contributed by atoms with Gasteiger partial charge in [0.1, 0.15) is 6.10 Å². The number of nitrogens with one attached hydrogen (secondary N) is 1. The van der Waals surface area contributed by atoms with E-state index in [9.17, 15) is 5.11 Å². The van der Waals surface area contributed by atoms with Crippen molar-refractivity contribution in [3.05, 3.63) is 48.7 Å². The fraction of sp³-hybridized carbons (Fsp3) is 0.462. The summed E-state index contributed by atoms with van der Waals surface area (Å²) < 4.78 is 6.32. The van der Waals surface area contributed by atoms with E-state index in [1.165, 1.54) is 6.42 Å². The summed E-state index contributed by atoms with van der Waals surface area (Å²) in [6.45, 7) is 2.09. The zero-order valence-electron chi connectivity index (χ0n) is 19.1. The second-order valence-electron chi connectivity index (χ2n) is 8.95. The molecule has 0 radical (unpaired) electrons. The Labute approximate surface area is 190 Å². The Balaban J connectivity index is 1.47. The van der Waals surface area contributed by atoms with Crippen LogP contribution >= 0.6 is 0 Å². The third kappa shape index (κ3) is 5.96. The van der Waals surface area contributed by atoms with Gasteiger partial charge >= 0.3 is 0 Å². The number of pyridine rings is 2. The van der Waals surface area contributed by atoms with Crippen LogP contribution < -0.4 is 10.1 Å². The predicted molar refractivity (Wildman–Crippen MR) is 130 cm³/mol. The summed E-state index contributed by atoms with van der Waals surface area (Å²) in [5.41, 5.74) is 3.90. The minimum atomic E-state index is -0.201. The molecule has 32 heavy (non-hydrogen) atoms. The Morgan fingerprint density at radius 3 is 2.59 bits per heavy atom. The average Bonchev–Trinajstić information content (AvgIpc) is 2.80. The molecule has 2 aromatic heterocycles. The van der Waals surface area contributed by atoms with Crippen molar-refractivity contribution in [1.82, 2.24) is 14.9 Å². The summed E-state index contributed by atoms with van der Waals surface area (Å²) >= 11 is 0. The number of fused-ring (bicyclic) bond motifs is 1. The standard InChI is InChI=1S/C26H34N4O2/c1-30(2)17-4-3-15-27-20-9-7-19(8-10-20)24-18-25-23(6-5-16-28-25)26(29-24)32-22-13-11-21(31)12-14-22/h5-10,16,18,21-22,27,31H,3-4,11-15,17H2,1-2H3. The van der Waals surface area contributed by atoms with E-state index in [1.807, 2.05) is 18.2 Å². The van der Waals surface area contributed by atoms with Gasteiger partial charge in [-0.2, -0.15) is 0 Å². The van der Waals surface area contributed by atoms with Crippen molar-refractivity contribution in [3.63, 3.8) is 0 Å². The molecule has 0 bridgehead atoms. The number of unbranched alkanes of at least 4 members (excludes halogenated alkanes) is 1. The number of benzene rings is 1. The molecule has 170 valence electrons. The van der Waals surface area contributed by atoms with E-state index >= 15 is 0 Å². The van der Waals surface area contributed by atoms with E-state index in [2.05, 4.69) is 53.6 Å². The highest BCUT2D eigenvalue weighted by atomic mass is 16.5. The normalized spacial score (nSPS) is 18.8. The summed E-state index contributed by atoms with van der Waals surface area (Å²) in [5.74, 6) is 0.634. The number of hydrogen-bond acceptors (Lipinski definition) is 6. The fourth-order valence-corrected chi connectivity index (χ4v) is 4.15. The Morgan fingerprint density at radius 2 is 1.84 bits per heavy atom. The largest absolute Gasteiger partial charge is 0.474 e. The van der Waals surface area contributed by atoms with E-state index in [0.717, 1.165) is 73.0 Å². The number of hydrogen-bond donors (Lipinski definition) is 2. The summed E-state index contributed by atoms with van der Waals surface area (Å²) in [6, 6.07) is 14.4. The number of ether oxygens (including phenoxy) is 1. The molecule has 2 N–H and O–H groups in total.